The summed E-state index contributed by atoms with van der Waals surface area (Å²) in [5.74, 6) is 1.19. The Hall–Kier alpha value is -2.29. The van der Waals surface area contributed by atoms with Crippen molar-refractivity contribution >= 4 is 11.5 Å². The van der Waals surface area contributed by atoms with Gasteiger partial charge >= 0.3 is 0 Å². The van der Waals surface area contributed by atoms with Gasteiger partial charge < -0.3 is 4.90 Å². The maximum absolute atomic E-state index is 4.73. The van der Waals surface area contributed by atoms with E-state index in [1.807, 2.05) is 23.2 Å². The molecular formula is C18H18N3. The Morgan fingerprint density at radius 1 is 0.952 bits per heavy atom. The lowest BCUT2D eigenvalue weighted by molar-refractivity contribution is 0.396. The Morgan fingerprint density at radius 2 is 1.67 bits per heavy atom. The molecule has 2 aliphatic heterocycles. The normalized spacial score (nSPS) is 20.6. The fraction of sp³-hybridized carbons (Fsp3) is 0.222. The first kappa shape index (κ1) is 12.5. The van der Waals surface area contributed by atoms with Gasteiger partial charge in [0.1, 0.15) is 5.84 Å². The number of amidine groups is 1. The molecule has 3 heteroatoms. The molecule has 0 amide bonds. The standard InChI is InChI=1S/C18H18N3/c1-3-7-15(8-4-1)13-17-11-12-18-19-21(14-20(17)18)16-9-5-2-6-10-16/h1-10,14,17H,11-13H2/t17-/m1/s1. The molecule has 4 rings (SSSR count). The average Bonchev–Trinajstić information content (AvgIpc) is 3.11. The molecule has 1 atom stereocenters. The first-order valence-electron chi connectivity index (χ1n) is 7.49. The Bertz CT molecular complexity index is 636. The quantitative estimate of drug-likeness (QED) is 0.852. The van der Waals surface area contributed by atoms with Crippen molar-refractivity contribution < 1.29 is 0 Å². The Morgan fingerprint density at radius 3 is 2.43 bits per heavy atom. The summed E-state index contributed by atoms with van der Waals surface area (Å²) in [6.45, 7) is 2.14. The number of hydrazone groups is 1. The summed E-state index contributed by atoms with van der Waals surface area (Å²) in [5, 5.41) is 6.73. The first-order valence-corrected chi connectivity index (χ1v) is 7.49. The average molecular weight is 276 g/mol. The predicted octanol–water partition coefficient (Wildman–Crippen LogP) is 3.65. The van der Waals surface area contributed by atoms with Gasteiger partial charge in [-0.3, -0.25) is 0 Å². The van der Waals surface area contributed by atoms with E-state index in [9.17, 15) is 0 Å². The highest BCUT2D eigenvalue weighted by Gasteiger charge is 2.35. The van der Waals surface area contributed by atoms with E-state index in [0.717, 1.165) is 18.5 Å². The molecule has 0 aliphatic carbocycles. The smallest absolute Gasteiger partial charge is 0.166 e. The SMILES string of the molecule is [CH]1N(c2ccccc2)N=C2CC[C@H](Cc3ccccc3)N12. The van der Waals surface area contributed by atoms with Crippen LogP contribution in [0.3, 0.4) is 0 Å². The Labute approximate surface area is 125 Å². The molecule has 2 heterocycles. The molecule has 1 radical (unpaired) electrons. The zero-order valence-electron chi connectivity index (χ0n) is 11.9. The second kappa shape index (κ2) is 5.24. The molecule has 0 bridgehead atoms. The van der Waals surface area contributed by atoms with Gasteiger partial charge in [-0.1, -0.05) is 48.5 Å². The van der Waals surface area contributed by atoms with Gasteiger partial charge in [0.15, 0.2) is 6.67 Å². The van der Waals surface area contributed by atoms with E-state index in [4.69, 9.17) is 5.10 Å². The number of fused-ring (bicyclic) bond motifs is 1. The molecule has 3 nitrogen and oxygen atoms in total. The van der Waals surface area contributed by atoms with Gasteiger partial charge in [-0.15, -0.1) is 0 Å². The van der Waals surface area contributed by atoms with E-state index in [0.29, 0.717) is 6.04 Å². The Balaban J connectivity index is 1.49. The van der Waals surface area contributed by atoms with Gasteiger partial charge in [-0.25, -0.2) is 5.01 Å². The fourth-order valence-electron chi connectivity index (χ4n) is 3.10. The topological polar surface area (TPSA) is 18.8 Å². The van der Waals surface area contributed by atoms with Crippen LogP contribution in [-0.4, -0.2) is 16.8 Å². The lowest BCUT2D eigenvalue weighted by atomic mass is 10.0. The van der Waals surface area contributed by atoms with Crippen LogP contribution in [0, 0.1) is 6.67 Å². The second-order valence-corrected chi connectivity index (χ2v) is 5.60. The van der Waals surface area contributed by atoms with Gasteiger partial charge in [0.05, 0.1) is 5.69 Å². The number of benzene rings is 2. The second-order valence-electron chi connectivity index (χ2n) is 5.60. The Kier molecular flexibility index (Phi) is 3.11. The van der Waals surface area contributed by atoms with Crippen LogP contribution in [0.1, 0.15) is 18.4 Å². The zero-order chi connectivity index (χ0) is 14.1. The molecule has 2 aromatic carbocycles. The van der Waals surface area contributed by atoms with Crippen molar-refractivity contribution in [2.45, 2.75) is 25.3 Å². The van der Waals surface area contributed by atoms with Gasteiger partial charge in [-0.2, -0.15) is 5.10 Å². The third-order valence-corrected chi connectivity index (χ3v) is 4.18. The van der Waals surface area contributed by atoms with Crippen LogP contribution in [-0.2, 0) is 6.42 Å². The van der Waals surface area contributed by atoms with Gasteiger partial charge in [0.25, 0.3) is 0 Å². The molecular weight excluding hydrogens is 258 g/mol. The van der Waals surface area contributed by atoms with E-state index in [1.165, 1.54) is 17.8 Å². The number of anilines is 1. The van der Waals surface area contributed by atoms with Crippen LogP contribution in [0.4, 0.5) is 5.69 Å². The molecule has 0 aromatic heterocycles. The number of rotatable bonds is 3. The van der Waals surface area contributed by atoms with E-state index in [2.05, 4.69) is 54.0 Å². The minimum absolute atomic E-state index is 0.528. The number of nitrogens with zero attached hydrogens (tertiary/aromatic N) is 3. The van der Waals surface area contributed by atoms with Crippen LogP contribution in [0.5, 0.6) is 0 Å². The lowest BCUT2D eigenvalue weighted by Crippen LogP contribution is -2.31. The highest BCUT2D eigenvalue weighted by molar-refractivity contribution is 5.89. The largest absolute Gasteiger partial charge is 0.330 e. The highest BCUT2D eigenvalue weighted by atomic mass is 15.6. The van der Waals surface area contributed by atoms with E-state index in [1.54, 1.807) is 0 Å². The summed E-state index contributed by atoms with van der Waals surface area (Å²) in [7, 11) is 0. The monoisotopic (exact) mass is 276 g/mol. The van der Waals surface area contributed by atoms with Crippen LogP contribution in [0.25, 0.3) is 0 Å². The minimum Gasteiger partial charge on any atom is -0.330 e. The van der Waals surface area contributed by atoms with E-state index >= 15 is 0 Å². The maximum atomic E-state index is 4.73. The predicted molar refractivity (Wildman–Crippen MR) is 85.7 cm³/mol. The first-order chi connectivity index (χ1) is 10.4. The van der Waals surface area contributed by atoms with Crippen LogP contribution >= 0.6 is 0 Å². The summed E-state index contributed by atoms with van der Waals surface area (Å²) in [6, 6.07) is 21.6. The molecule has 2 aliphatic rings. The fourth-order valence-corrected chi connectivity index (χ4v) is 3.10. The van der Waals surface area contributed by atoms with Crippen molar-refractivity contribution in [1.29, 1.82) is 0 Å². The minimum atomic E-state index is 0.528. The number of hydrogen-bond donors (Lipinski definition) is 0. The molecule has 2 aromatic rings. The molecule has 1 saturated heterocycles. The molecule has 0 N–H and O–H groups in total. The third-order valence-electron chi connectivity index (χ3n) is 4.18. The van der Waals surface area contributed by atoms with E-state index < -0.39 is 0 Å². The highest BCUT2D eigenvalue weighted by Crippen LogP contribution is 2.32. The number of hydrogen-bond acceptors (Lipinski definition) is 3. The third kappa shape index (κ3) is 2.40. The maximum Gasteiger partial charge on any atom is 0.166 e. The van der Waals surface area contributed by atoms with Crippen molar-refractivity contribution in [3.63, 3.8) is 0 Å². The summed E-state index contributed by atoms with van der Waals surface area (Å²) in [6.07, 6.45) is 3.34. The van der Waals surface area contributed by atoms with Crippen molar-refractivity contribution in [2.24, 2.45) is 5.10 Å². The van der Waals surface area contributed by atoms with Crippen molar-refractivity contribution in [3.05, 3.63) is 72.9 Å². The zero-order valence-corrected chi connectivity index (χ0v) is 11.9. The molecule has 21 heavy (non-hydrogen) atoms. The van der Waals surface area contributed by atoms with Crippen molar-refractivity contribution in [1.82, 2.24) is 4.90 Å². The van der Waals surface area contributed by atoms with Gasteiger partial charge in [0, 0.05) is 12.5 Å². The molecule has 0 spiro atoms. The summed E-state index contributed by atoms with van der Waals surface area (Å²) in [5.41, 5.74) is 2.52. The molecule has 105 valence electrons. The van der Waals surface area contributed by atoms with E-state index in [-0.39, 0.29) is 0 Å². The van der Waals surface area contributed by atoms with Gasteiger partial charge in [0.2, 0.25) is 0 Å². The number of para-hydroxylation sites is 1. The van der Waals surface area contributed by atoms with Crippen LogP contribution in [0.2, 0.25) is 0 Å². The van der Waals surface area contributed by atoms with Crippen molar-refractivity contribution in [2.75, 3.05) is 5.01 Å². The molecule has 0 saturated carbocycles. The van der Waals surface area contributed by atoms with Crippen molar-refractivity contribution in [3.8, 4) is 0 Å². The summed E-state index contributed by atoms with van der Waals surface area (Å²) < 4.78 is 0. The summed E-state index contributed by atoms with van der Waals surface area (Å²) >= 11 is 0. The van der Waals surface area contributed by atoms with Crippen LogP contribution < -0.4 is 5.01 Å². The van der Waals surface area contributed by atoms with Crippen LogP contribution in [0.15, 0.2) is 65.8 Å². The summed E-state index contributed by atoms with van der Waals surface area (Å²) in [4.78, 5) is 2.35. The lowest BCUT2D eigenvalue weighted by Gasteiger charge is -2.24. The molecule has 1 fully saturated rings. The van der Waals surface area contributed by atoms with Gasteiger partial charge in [-0.05, 0) is 30.5 Å². The molecule has 0 unspecified atom stereocenters.